The molecule has 11 heteroatoms. The molecule has 1 fully saturated rings. The highest BCUT2D eigenvalue weighted by atomic mass is 35.5. The number of hydrogen-bond donors (Lipinski definition) is 1. The third-order valence-electron chi connectivity index (χ3n) is 7.24. The second kappa shape index (κ2) is 13.0. The first kappa shape index (κ1) is 28.4. The van der Waals surface area contributed by atoms with Gasteiger partial charge in [0, 0.05) is 23.2 Å². The Morgan fingerprint density at radius 2 is 1.85 bits per heavy atom. The van der Waals surface area contributed by atoms with Crippen molar-refractivity contribution in [1.82, 2.24) is 30.4 Å². The van der Waals surface area contributed by atoms with Crippen molar-refractivity contribution in [2.75, 3.05) is 7.11 Å². The molecular weight excluding hydrogens is 544 g/mol. The van der Waals surface area contributed by atoms with Crippen molar-refractivity contribution < 1.29 is 18.7 Å². The number of furan rings is 1. The van der Waals surface area contributed by atoms with Gasteiger partial charge in [-0.15, -0.1) is 10.2 Å². The summed E-state index contributed by atoms with van der Waals surface area (Å²) >= 11 is 6.51. The van der Waals surface area contributed by atoms with Crippen LogP contribution >= 0.6 is 11.6 Å². The molecule has 10 nitrogen and oxygen atoms in total. The number of nitrogens with one attached hydrogen (secondary N) is 1. The molecule has 2 amide bonds. The van der Waals surface area contributed by atoms with Crippen LogP contribution in [-0.4, -0.2) is 50.1 Å². The van der Waals surface area contributed by atoms with Crippen molar-refractivity contribution in [3.63, 3.8) is 0 Å². The number of carbonyl (C=O) groups is 2. The van der Waals surface area contributed by atoms with Crippen molar-refractivity contribution in [1.29, 1.82) is 0 Å². The number of ether oxygens (including phenoxy) is 1. The summed E-state index contributed by atoms with van der Waals surface area (Å²) in [6.07, 6.45) is 5.10. The Hall–Kier alpha value is -4.18. The fourth-order valence-electron chi connectivity index (χ4n) is 5.06. The summed E-state index contributed by atoms with van der Waals surface area (Å²) in [4.78, 5) is 30.6. The standard InChI is InChI=1S/C30H33ClN6O4/c1-20-12-17-26(41-20)28(30(39)32-23-9-4-3-5-10-23)36(18-22-8-6-7-11-25(22)31)27(38)19-37-34-29(33-35-37)21-13-15-24(40-2)16-14-21/h6-8,11-17,23,28H,3-5,9-10,18-19H2,1-2H3,(H,32,39)/t28-/m0/s1. The quantitative estimate of drug-likeness (QED) is 0.278. The highest BCUT2D eigenvalue weighted by Gasteiger charge is 2.36. The number of rotatable bonds is 10. The van der Waals surface area contributed by atoms with Crippen LogP contribution in [0.15, 0.2) is 65.1 Å². The number of methoxy groups -OCH3 is 1. The van der Waals surface area contributed by atoms with E-state index in [1.165, 1.54) is 9.70 Å². The van der Waals surface area contributed by atoms with E-state index in [4.69, 9.17) is 20.8 Å². The summed E-state index contributed by atoms with van der Waals surface area (Å²) in [5.74, 6) is 1.41. The van der Waals surface area contributed by atoms with E-state index in [1.807, 2.05) is 30.3 Å². The summed E-state index contributed by atoms with van der Waals surface area (Å²) in [5, 5.41) is 16.3. The zero-order chi connectivity index (χ0) is 28.8. The molecule has 5 rings (SSSR count). The minimum absolute atomic E-state index is 0.0520. The lowest BCUT2D eigenvalue weighted by molar-refractivity contribution is -0.143. The third-order valence-corrected chi connectivity index (χ3v) is 7.61. The van der Waals surface area contributed by atoms with Crippen LogP contribution in [0.3, 0.4) is 0 Å². The molecule has 1 atom stereocenters. The molecule has 1 aliphatic carbocycles. The molecule has 1 aliphatic rings. The lowest BCUT2D eigenvalue weighted by atomic mass is 9.95. The Bertz CT molecular complexity index is 1480. The van der Waals surface area contributed by atoms with Crippen LogP contribution < -0.4 is 10.1 Å². The number of aryl methyl sites for hydroxylation is 1. The summed E-state index contributed by atoms with van der Waals surface area (Å²) in [7, 11) is 1.59. The minimum atomic E-state index is -1.01. The minimum Gasteiger partial charge on any atom is -0.497 e. The number of nitrogens with zero attached hydrogens (tertiary/aromatic N) is 5. The molecule has 1 N–H and O–H groups in total. The van der Waals surface area contributed by atoms with E-state index >= 15 is 0 Å². The predicted molar refractivity (Wildman–Crippen MR) is 153 cm³/mol. The SMILES string of the molecule is COc1ccc(-c2nnn(CC(=O)N(Cc3ccccc3Cl)[C@H](C(=O)NC3CCCCC3)c3ccc(C)o3)n2)cc1. The Kier molecular flexibility index (Phi) is 8.98. The molecule has 214 valence electrons. The lowest BCUT2D eigenvalue weighted by Gasteiger charge is -2.32. The molecule has 2 aromatic heterocycles. The number of carbonyl (C=O) groups excluding carboxylic acids is 2. The molecule has 0 aliphatic heterocycles. The summed E-state index contributed by atoms with van der Waals surface area (Å²) in [6, 6.07) is 17.1. The van der Waals surface area contributed by atoms with Gasteiger partial charge in [0.15, 0.2) is 6.04 Å². The Morgan fingerprint density at radius 1 is 1.10 bits per heavy atom. The molecule has 0 radical (unpaired) electrons. The maximum atomic E-state index is 14.0. The van der Waals surface area contributed by atoms with Gasteiger partial charge in [-0.25, -0.2) is 0 Å². The van der Waals surface area contributed by atoms with E-state index in [9.17, 15) is 9.59 Å². The zero-order valence-corrected chi connectivity index (χ0v) is 23.9. The molecule has 2 heterocycles. The molecule has 1 saturated carbocycles. The maximum Gasteiger partial charge on any atom is 0.250 e. The predicted octanol–water partition coefficient (Wildman–Crippen LogP) is 5.12. The molecule has 41 heavy (non-hydrogen) atoms. The van der Waals surface area contributed by atoms with Crippen LogP contribution in [0.1, 0.15) is 55.2 Å². The van der Waals surface area contributed by atoms with E-state index in [0.29, 0.717) is 33.7 Å². The summed E-state index contributed by atoms with van der Waals surface area (Å²) in [6.45, 7) is 1.65. The summed E-state index contributed by atoms with van der Waals surface area (Å²) < 4.78 is 11.2. The van der Waals surface area contributed by atoms with Crippen molar-refractivity contribution in [3.05, 3.63) is 82.8 Å². The third kappa shape index (κ3) is 6.94. The number of benzene rings is 2. The molecule has 2 aromatic carbocycles. The molecule has 0 unspecified atom stereocenters. The maximum absolute atomic E-state index is 14.0. The van der Waals surface area contributed by atoms with Crippen LogP contribution in [0.25, 0.3) is 11.4 Å². The van der Waals surface area contributed by atoms with Crippen molar-refractivity contribution in [2.24, 2.45) is 0 Å². The molecular formula is C30H33ClN6O4. The Balaban J connectivity index is 1.45. The van der Waals surface area contributed by atoms with Gasteiger partial charge in [-0.3, -0.25) is 9.59 Å². The zero-order valence-electron chi connectivity index (χ0n) is 23.1. The first-order valence-corrected chi connectivity index (χ1v) is 14.1. The number of aromatic nitrogens is 4. The van der Waals surface area contributed by atoms with Gasteiger partial charge in [0.1, 0.15) is 23.8 Å². The topological polar surface area (TPSA) is 115 Å². The van der Waals surface area contributed by atoms with E-state index < -0.39 is 6.04 Å². The second-order valence-electron chi connectivity index (χ2n) is 10.2. The van der Waals surface area contributed by atoms with Crippen LogP contribution in [0, 0.1) is 6.92 Å². The molecule has 0 spiro atoms. The number of halogens is 1. The van der Waals surface area contributed by atoms with Crippen LogP contribution in [0.5, 0.6) is 5.75 Å². The lowest BCUT2D eigenvalue weighted by Crippen LogP contribution is -2.47. The summed E-state index contributed by atoms with van der Waals surface area (Å²) in [5.41, 5.74) is 1.43. The average molecular weight is 577 g/mol. The second-order valence-corrected chi connectivity index (χ2v) is 10.6. The van der Waals surface area contributed by atoms with E-state index in [2.05, 4.69) is 20.7 Å². The Labute approximate surface area is 243 Å². The first-order valence-electron chi connectivity index (χ1n) is 13.7. The van der Waals surface area contributed by atoms with Gasteiger partial charge < -0.3 is 19.4 Å². The van der Waals surface area contributed by atoms with Gasteiger partial charge in [0.25, 0.3) is 5.91 Å². The fourth-order valence-corrected chi connectivity index (χ4v) is 5.26. The van der Waals surface area contributed by atoms with E-state index in [0.717, 1.165) is 37.7 Å². The van der Waals surface area contributed by atoms with Gasteiger partial charge in [0.2, 0.25) is 11.7 Å². The Morgan fingerprint density at radius 3 is 2.54 bits per heavy atom. The highest BCUT2D eigenvalue weighted by Crippen LogP contribution is 2.29. The van der Waals surface area contributed by atoms with E-state index in [1.54, 1.807) is 44.4 Å². The molecule has 0 bridgehead atoms. The number of hydrogen-bond acceptors (Lipinski definition) is 7. The molecule has 0 saturated heterocycles. The monoisotopic (exact) mass is 576 g/mol. The van der Waals surface area contributed by atoms with E-state index in [-0.39, 0.29) is 30.9 Å². The average Bonchev–Trinajstić information content (AvgIpc) is 3.63. The van der Waals surface area contributed by atoms with Crippen LogP contribution in [-0.2, 0) is 22.7 Å². The smallest absolute Gasteiger partial charge is 0.250 e. The van der Waals surface area contributed by atoms with Crippen molar-refractivity contribution in [3.8, 4) is 17.1 Å². The van der Waals surface area contributed by atoms with Gasteiger partial charge in [0.05, 0.1) is 7.11 Å². The van der Waals surface area contributed by atoms with Crippen LogP contribution in [0.2, 0.25) is 5.02 Å². The van der Waals surface area contributed by atoms with Gasteiger partial charge >= 0.3 is 0 Å². The van der Waals surface area contributed by atoms with Crippen LogP contribution in [0.4, 0.5) is 0 Å². The normalized spacial score (nSPS) is 14.4. The number of tetrazole rings is 1. The highest BCUT2D eigenvalue weighted by molar-refractivity contribution is 6.31. The fraction of sp³-hybridized carbons (Fsp3) is 0.367. The van der Waals surface area contributed by atoms with Gasteiger partial charge in [-0.2, -0.15) is 4.80 Å². The first-order chi connectivity index (χ1) is 19.9. The largest absolute Gasteiger partial charge is 0.497 e. The number of amides is 2. The van der Waals surface area contributed by atoms with Crippen molar-refractivity contribution in [2.45, 2.75) is 64.2 Å². The molecule has 4 aromatic rings. The van der Waals surface area contributed by atoms with Gasteiger partial charge in [-0.1, -0.05) is 49.1 Å². The van der Waals surface area contributed by atoms with Gasteiger partial charge in [-0.05, 0) is 73.0 Å². The van der Waals surface area contributed by atoms with Crippen molar-refractivity contribution >= 4 is 23.4 Å².